The first-order valence-corrected chi connectivity index (χ1v) is 11.4. The molecule has 2 saturated heterocycles. The van der Waals surface area contributed by atoms with Gasteiger partial charge in [-0.25, -0.2) is 0 Å². The molecule has 0 spiro atoms. The van der Waals surface area contributed by atoms with E-state index in [1.54, 1.807) is 0 Å². The molecule has 152 valence electrons. The van der Waals surface area contributed by atoms with Crippen LogP contribution in [0.2, 0.25) is 0 Å². The van der Waals surface area contributed by atoms with Crippen LogP contribution in [-0.4, -0.2) is 46.5 Å². The lowest BCUT2D eigenvalue weighted by Gasteiger charge is -2.44. The van der Waals surface area contributed by atoms with Gasteiger partial charge in [-0.05, 0) is 57.2 Å². The second-order valence-corrected chi connectivity index (χ2v) is 9.56. The molecule has 0 aromatic carbocycles. The quantitative estimate of drug-likeness (QED) is 0.806. The van der Waals surface area contributed by atoms with Crippen LogP contribution in [0.15, 0.2) is 16.9 Å². The molecule has 0 unspecified atom stereocenters. The van der Waals surface area contributed by atoms with E-state index in [-0.39, 0.29) is 11.5 Å². The largest absolute Gasteiger partial charge is 0.341 e. The summed E-state index contributed by atoms with van der Waals surface area (Å²) in [6.07, 6.45) is 9.46. The zero-order valence-electron chi connectivity index (χ0n) is 16.9. The molecule has 5 nitrogen and oxygen atoms in total. The highest BCUT2D eigenvalue weighted by molar-refractivity contribution is 5.79. The predicted molar refractivity (Wildman–Crippen MR) is 109 cm³/mol. The van der Waals surface area contributed by atoms with E-state index in [0.29, 0.717) is 17.7 Å². The van der Waals surface area contributed by atoms with Gasteiger partial charge in [0.25, 0.3) is 5.56 Å². The Balaban J connectivity index is 1.34. The third-order valence-electron chi connectivity index (χ3n) is 7.54. The van der Waals surface area contributed by atoms with Crippen LogP contribution in [0.25, 0.3) is 0 Å². The van der Waals surface area contributed by atoms with Gasteiger partial charge >= 0.3 is 0 Å². The smallest absolute Gasteiger partial charge is 0.255 e. The third kappa shape index (κ3) is 3.42. The molecule has 1 aromatic rings. The summed E-state index contributed by atoms with van der Waals surface area (Å²) >= 11 is 0. The maximum absolute atomic E-state index is 13.2. The molecule has 1 aliphatic carbocycles. The molecular weight excluding hydrogens is 350 g/mol. The number of pyridine rings is 1. The molecule has 0 N–H and O–H groups in total. The first-order chi connectivity index (χ1) is 13.7. The second-order valence-electron chi connectivity index (χ2n) is 9.56. The minimum absolute atomic E-state index is 0.214. The molecule has 1 aromatic heterocycles. The summed E-state index contributed by atoms with van der Waals surface area (Å²) in [6.45, 7) is 5.45. The number of amides is 1. The predicted octanol–water partition coefficient (Wildman–Crippen LogP) is 2.97. The van der Waals surface area contributed by atoms with Gasteiger partial charge < -0.3 is 9.47 Å². The van der Waals surface area contributed by atoms with Crippen LogP contribution in [0.4, 0.5) is 0 Å². The number of carbonyl (C=O) groups excluding carboxylic acids is 1. The van der Waals surface area contributed by atoms with Crippen molar-refractivity contribution in [1.82, 2.24) is 14.4 Å². The van der Waals surface area contributed by atoms with Gasteiger partial charge in [-0.2, -0.15) is 0 Å². The van der Waals surface area contributed by atoms with E-state index in [9.17, 15) is 9.59 Å². The number of carbonyl (C=O) groups is 1. The van der Waals surface area contributed by atoms with E-state index >= 15 is 0 Å². The van der Waals surface area contributed by atoms with Crippen molar-refractivity contribution in [2.45, 2.75) is 70.4 Å². The SMILES string of the molecule is O=C(C1CCCCC1)N1C[C@@H]2C[C@H](C1)c1ccc(CN3CCCC3)c(=O)n1C2. The molecule has 3 aliphatic heterocycles. The third-order valence-corrected chi connectivity index (χ3v) is 7.54. The molecule has 4 heterocycles. The van der Waals surface area contributed by atoms with E-state index in [4.69, 9.17) is 0 Å². The lowest BCUT2D eigenvalue weighted by molar-refractivity contribution is -0.139. The van der Waals surface area contributed by atoms with Crippen molar-refractivity contribution in [3.63, 3.8) is 0 Å². The lowest BCUT2D eigenvalue weighted by atomic mass is 9.81. The Kier molecular flexibility index (Phi) is 5.04. The van der Waals surface area contributed by atoms with Gasteiger partial charge in [0, 0.05) is 49.3 Å². The Morgan fingerprint density at radius 1 is 0.964 bits per heavy atom. The fourth-order valence-electron chi connectivity index (χ4n) is 6.08. The summed E-state index contributed by atoms with van der Waals surface area (Å²) in [5.41, 5.74) is 2.32. The van der Waals surface area contributed by atoms with Crippen molar-refractivity contribution in [3.8, 4) is 0 Å². The standard InChI is InChI=1S/C23H33N3O2/c27-22(18-6-2-1-3-7-18)25-13-17-12-20(16-25)21-9-8-19(23(28)26(21)14-17)15-24-10-4-5-11-24/h8-9,17-18,20H,1-7,10-16H2/t17-,20+/m0/s1. The summed E-state index contributed by atoms with van der Waals surface area (Å²) in [6, 6.07) is 4.25. The molecular formula is C23H33N3O2. The van der Waals surface area contributed by atoms with Crippen LogP contribution in [0.3, 0.4) is 0 Å². The van der Waals surface area contributed by atoms with Gasteiger partial charge in [0.2, 0.25) is 5.91 Å². The molecule has 0 radical (unpaired) electrons. The van der Waals surface area contributed by atoms with Gasteiger partial charge in [-0.15, -0.1) is 0 Å². The topological polar surface area (TPSA) is 45.6 Å². The Morgan fingerprint density at radius 3 is 2.54 bits per heavy atom. The first kappa shape index (κ1) is 18.4. The fourth-order valence-corrected chi connectivity index (χ4v) is 6.08. The van der Waals surface area contributed by atoms with Crippen LogP contribution in [0.5, 0.6) is 0 Å². The van der Waals surface area contributed by atoms with Crippen molar-refractivity contribution in [1.29, 1.82) is 0 Å². The van der Waals surface area contributed by atoms with Gasteiger partial charge in [-0.1, -0.05) is 25.3 Å². The molecule has 1 amide bonds. The van der Waals surface area contributed by atoms with Gasteiger partial charge in [0.15, 0.2) is 0 Å². The summed E-state index contributed by atoms with van der Waals surface area (Å²) in [5.74, 6) is 1.39. The molecule has 4 aliphatic rings. The van der Waals surface area contributed by atoms with Crippen molar-refractivity contribution in [2.24, 2.45) is 11.8 Å². The number of piperidine rings is 1. The van der Waals surface area contributed by atoms with E-state index in [1.165, 1.54) is 32.1 Å². The molecule has 2 bridgehead atoms. The van der Waals surface area contributed by atoms with E-state index < -0.39 is 0 Å². The maximum Gasteiger partial charge on any atom is 0.255 e. The molecule has 2 atom stereocenters. The molecule has 5 rings (SSSR count). The molecule has 28 heavy (non-hydrogen) atoms. The van der Waals surface area contributed by atoms with Gasteiger partial charge in [-0.3, -0.25) is 14.5 Å². The van der Waals surface area contributed by atoms with Crippen molar-refractivity contribution >= 4 is 5.91 Å². The van der Waals surface area contributed by atoms with Crippen LogP contribution in [-0.2, 0) is 17.9 Å². The summed E-state index contributed by atoms with van der Waals surface area (Å²) in [5, 5.41) is 0. The average Bonchev–Trinajstić information content (AvgIpc) is 3.23. The highest BCUT2D eigenvalue weighted by Crippen LogP contribution is 2.37. The van der Waals surface area contributed by atoms with Gasteiger partial charge in [0.1, 0.15) is 0 Å². The summed E-state index contributed by atoms with van der Waals surface area (Å²) < 4.78 is 2.05. The number of fused-ring (bicyclic) bond motifs is 4. The van der Waals surface area contributed by atoms with E-state index in [0.717, 1.165) is 69.8 Å². The second kappa shape index (κ2) is 7.66. The number of aromatic nitrogens is 1. The normalized spacial score (nSPS) is 28.4. The Labute approximate surface area is 167 Å². The molecule has 1 saturated carbocycles. The highest BCUT2D eigenvalue weighted by Gasteiger charge is 2.38. The zero-order valence-corrected chi connectivity index (χ0v) is 16.9. The molecule has 5 heteroatoms. The van der Waals surface area contributed by atoms with E-state index in [2.05, 4.69) is 21.9 Å². The maximum atomic E-state index is 13.2. The zero-order chi connectivity index (χ0) is 19.1. The van der Waals surface area contributed by atoms with Gasteiger partial charge in [0.05, 0.1) is 0 Å². The summed E-state index contributed by atoms with van der Waals surface area (Å²) in [7, 11) is 0. The average molecular weight is 384 g/mol. The highest BCUT2D eigenvalue weighted by atomic mass is 16.2. The van der Waals surface area contributed by atoms with Crippen molar-refractivity contribution < 1.29 is 4.79 Å². The van der Waals surface area contributed by atoms with Crippen molar-refractivity contribution in [2.75, 3.05) is 26.2 Å². The first-order valence-electron chi connectivity index (χ1n) is 11.4. The van der Waals surface area contributed by atoms with Crippen molar-refractivity contribution in [3.05, 3.63) is 33.7 Å². The Bertz CT molecular complexity index is 790. The summed E-state index contributed by atoms with van der Waals surface area (Å²) in [4.78, 5) is 30.8. The number of nitrogens with zero attached hydrogens (tertiary/aromatic N) is 3. The number of likely N-dealkylation sites (tertiary alicyclic amines) is 2. The fraction of sp³-hybridized carbons (Fsp3) is 0.739. The number of hydrogen-bond acceptors (Lipinski definition) is 3. The Morgan fingerprint density at radius 2 is 1.75 bits per heavy atom. The minimum Gasteiger partial charge on any atom is -0.341 e. The van der Waals surface area contributed by atoms with E-state index in [1.807, 2.05) is 4.57 Å². The van der Waals surface area contributed by atoms with Crippen LogP contribution in [0.1, 0.15) is 68.5 Å². The van der Waals surface area contributed by atoms with Crippen LogP contribution >= 0.6 is 0 Å². The monoisotopic (exact) mass is 383 g/mol. The lowest BCUT2D eigenvalue weighted by Crippen LogP contribution is -2.51. The minimum atomic E-state index is 0.214. The number of rotatable bonds is 3. The van der Waals surface area contributed by atoms with Crippen LogP contribution in [0, 0.1) is 11.8 Å². The Hall–Kier alpha value is -1.62. The number of hydrogen-bond donors (Lipinski definition) is 0. The van der Waals surface area contributed by atoms with Crippen LogP contribution < -0.4 is 5.56 Å². The molecule has 3 fully saturated rings.